The van der Waals surface area contributed by atoms with Crippen molar-refractivity contribution in [2.24, 2.45) is 0 Å². The zero-order chi connectivity index (χ0) is 11.3. The standard InChI is InChI=1S/C10H18N4O/c1-3-8-9(11)13-6-14-10(8)12-5-4-7(2)15/h6-7,15H,3-5H2,1-2H3,(H3,11,12,13,14). The number of aliphatic hydroxyl groups excluding tert-OH is 1. The average molecular weight is 210 g/mol. The third-order valence-corrected chi connectivity index (χ3v) is 2.19. The highest BCUT2D eigenvalue weighted by molar-refractivity contribution is 5.54. The van der Waals surface area contributed by atoms with Crippen LogP contribution in [-0.2, 0) is 6.42 Å². The van der Waals surface area contributed by atoms with Crippen molar-refractivity contribution in [2.45, 2.75) is 32.8 Å². The molecule has 5 heteroatoms. The van der Waals surface area contributed by atoms with Gasteiger partial charge in [0.25, 0.3) is 0 Å². The lowest BCUT2D eigenvalue weighted by Gasteiger charge is -2.11. The molecule has 0 aliphatic carbocycles. The first-order valence-corrected chi connectivity index (χ1v) is 5.16. The molecule has 0 aliphatic rings. The number of rotatable bonds is 5. The summed E-state index contributed by atoms with van der Waals surface area (Å²) in [6, 6.07) is 0. The molecule has 4 N–H and O–H groups in total. The number of nitrogens with two attached hydrogens (primary N) is 1. The Morgan fingerprint density at radius 2 is 2.27 bits per heavy atom. The monoisotopic (exact) mass is 210 g/mol. The molecule has 0 saturated heterocycles. The van der Waals surface area contributed by atoms with Gasteiger partial charge in [-0.25, -0.2) is 9.97 Å². The molecule has 1 aromatic heterocycles. The second-order valence-corrected chi connectivity index (χ2v) is 3.50. The number of anilines is 2. The Hall–Kier alpha value is -1.36. The summed E-state index contributed by atoms with van der Waals surface area (Å²) in [6.45, 7) is 4.45. The van der Waals surface area contributed by atoms with Crippen LogP contribution >= 0.6 is 0 Å². The first-order valence-electron chi connectivity index (χ1n) is 5.16. The fourth-order valence-corrected chi connectivity index (χ4v) is 1.33. The quantitative estimate of drug-likeness (QED) is 0.669. The first kappa shape index (κ1) is 11.7. The van der Waals surface area contributed by atoms with Crippen molar-refractivity contribution >= 4 is 11.6 Å². The summed E-state index contributed by atoms with van der Waals surface area (Å²) in [5.74, 6) is 1.29. The van der Waals surface area contributed by atoms with Crippen LogP contribution in [0.1, 0.15) is 25.8 Å². The molecular formula is C10H18N4O. The summed E-state index contributed by atoms with van der Waals surface area (Å²) in [5, 5.41) is 12.3. The molecule has 1 aromatic rings. The summed E-state index contributed by atoms with van der Waals surface area (Å²) < 4.78 is 0. The Labute approximate surface area is 89.7 Å². The molecule has 5 nitrogen and oxygen atoms in total. The fraction of sp³-hybridized carbons (Fsp3) is 0.600. The van der Waals surface area contributed by atoms with Gasteiger partial charge in [-0.15, -0.1) is 0 Å². The molecule has 1 rings (SSSR count). The predicted octanol–water partition coefficient (Wildman–Crippen LogP) is 0.804. The van der Waals surface area contributed by atoms with Gasteiger partial charge in [-0.2, -0.15) is 0 Å². The van der Waals surface area contributed by atoms with Gasteiger partial charge >= 0.3 is 0 Å². The third kappa shape index (κ3) is 3.36. The van der Waals surface area contributed by atoms with Crippen LogP contribution in [0.5, 0.6) is 0 Å². The van der Waals surface area contributed by atoms with E-state index in [1.54, 1.807) is 6.92 Å². The predicted molar refractivity (Wildman–Crippen MR) is 60.6 cm³/mol. The number of nitrogen functional groups attached to an aromatic ring is 1. The molecule has 1 heterocycles. The van der Waals surface area contributed by atoms with Crippen LogP contribution in [0.4, 0.5) is 11.6 Å². The van der Waals surface area contributed by atoms with Crippen molar-refractivity contribution in [3.05, 3.63) is 11.9 Å². The summed E-state index contributed by atoms with van der Waals surface area (Å²) in [5.41, 5.74) is 6.66. The number of aromatic nitrogens is 2. The number of nitrogens with zero attached hydrogens (tertiary/aromatic N) is 2. The molecule has 0 aliphatic heterocycles. The highest BCUT2D eigenvalue weighted by Crippen LogP contribution is 2.17. The van der Waals surface area contributed by atoms with Gasteiger partial charge in [0.1, 0.15) is 18.0 Å². The lowest BCUT2D eigenvalue weighted by atomic mass is 10.2. The van der Waals surface area contributed by atoms with Crippen molar-refractivity contribution in [1.29, 1.82) is 0 Å². The van der Waals surface area contributed by atoms with Gasteiger partial charge in [-0.1, -0.05) is 6.92 Å². The Kier molecular flexibility index (Phi) is 4.30. The summed E-state index contributed by atoms with van der Waals surface area (Å²) in [4.78, 5) is 8.05. The molecule has 0 saturated carbocycles. The van der Waals surface area contributed by atoms with E-state index in [0.29, 0.717) is 18.8 Å². The minimum Gasteiger partial charge on any atom is -0.393 e. The van der Waals surface area contributed by atoms with E-state index in [1.165, 1.54) is 6.33 Å². The summed E-state index contributed by atoms with van der Waals surface area (Å²) in [6.07, 6.45) is 2.62. The van der Waals surface area contributed by atoms with Crippen molar-refractivity contribution < 1.29 is 5.11 Å². The zero-order valence-electron chi connectivity index (χ0n) is 9.20. The number of hydrogen-bond donors (Lipinski definition) is 3. The highest BCUT2D eigenvalue weighted by atomic mass is 16.3. The Balaban J connectivity index is 2.64. The fourth-order valence-electron chi connectivity index (χ4n) is 1.33. The molecule has 1 atom stereocenters. The summed E-state index contributed by atoms with van der Waals surface area (Å²) in [7, 11) is 0. The molecule has 0 bridgehead atoms. The van der Waals surface area contributed by atoms with Crippen molar-refractivity contribution in [2.75, 3.05) is 17.6 Å². The van der Waals surface area contributed by atoms with E-state index in [-0.39, 0.29) is 6.10 Å². The van der Waals surface area contributed by atoms with Crippen LogP contribution in [-0.4, -0.2) is 27.7 Å². The van der Waals surface area contributed by atoms with Crippen molar-refractivity contribution in [3.8, 4) is 0 Å². The van der Waals surface area contributed by atoms with E-state index in [4.69, 9.17) is 10.8 Å². The van der Waals surface area contributed by atoms with E-state index in [0.717, 1.165) is 17.8 Å². The van der Waals surface area contributed by atoms with Crippen molar-refractivity contribution in [3.63, 3.8) is 0 Å². The first-order chi connectivity index (χ1) is 7.15. The largest absolute Gasteiger partial charge is 0.393 e. The van der Waals surface area contributed by atoms with E-state index >= 15 is 0 Å². The van der Waals surface area contributed by atoms with Crippen LogP contribution in [0, 0.1) is 0 Å². The van der Waals surface area contributed by atoms with Gasteiger partial charge < -0.3 is 16.2 Å². The highest BCUT2D eigenvalue weighted by Gasteiger charge is 2.06. The number of hydrogen-bond acceptors (Lipinski definition) is 5. The molecular weight excluding hydrogens is 192 g/mol. The lowest BCUT2D eigenvalue weighted by Crippen LogP contribution is -2.13. The molecule has 0 amide bonds. The van der Waals surface area contributed by atoms with E-state index in [2.05, 4.69) is 15.3 Å². The van der Waals surface area contributed by atoms with Crippen LogP contribution in [0.2, 0.25) is 0 Å². The molecule has 0 spiro atoms. The molecule has 15 heavy (non-hydrogen) atoms. The van der Waals surface area contributed by atoms with Crippen LogP contribution in [0.15, 0.2) is 6.33 Å². The number of nitrogens with one attached hydrogen (secondary N) is 1. The normalized spacial score (nSPS) is 12.5. The minimum atomic E-state index is -0.304. The van der Waals surface area contributed by atoms with E-state index in [9.17, 15) is 0 Å². The van der Waals surface area contributed by atoms with Gasteiger partial charge in [0, 0.05) is 12.1 Å². The van der Waals surface area contributed by atoms with Crippen molar-refractivity contribution in [1.82, 2.24) is 9.97 Å². The Bertz CT molecular complexity index is 314. The van der Waals surface area contributed by atoms with E-state index in [1.807, 2.05) is 6.92 Å². The molecule has 1 unspecified atom stereocenters. The maximum Gasteiger partial charge on any atom is 0.134 e. The SMILES string of the molecule is CCc1c(N)ncnc1NCCC(C)O. The zero-order valence-corrected chi connectivity index (χ0v) is 9.20. The molecule has 84 valence electrons. The van der Waals surface area contributed by atoms with Gasteiger partial charge in [0.15, 0.2) is 0 Å². The third-order valence-electron chi connectivity index (χ3n) is 2.19. The van der Waals surface area contributed by atoms with Crippen LogP contribution in [0.3, 0.4) is 0 Å². The maximum atomic E-state index is 9.11. The van der Waals surface area contributed by atoms with E-state index < -0.39 is 0 Å². The molecule has 0 aromatic carbocycles. The maximum absolute atomic E-state index is 9.11. The smallest absolute Gasteiger partial charge is 0.134 e. The minimum absolute atomic E-state index is 0.304. The summed E-state index contributed by atoms with van der Waals surface area (Å²) >= 11 is 0. The Morgan fingerprint density at radius 1 is 1.53 bits per heavy atom. The van der Waals surface area contributed by atoms with Gasteiger partial charge in [-0.05, 0) is 19.8 Å². The molecule has 0 fully saturated rings. The van der Waals surface area contributed by atoms with Gasteiger partial charge in [0.05, 0.1) is 6.10 Å². The lowest BCUT2D eigenvalue weighted by molar-refractivity contribution is 0.188. The van der Waals surface area contributed by atoms with Crippen LogP contribution < -0.4 is 11.1 Å². The second kappa shape index (κ2) is 5.50. The second-order valence-electron chi connectivity index (χ2n) is 3.50. The topological polar surface area (TPSA) is 84.1 Å². The van der Waals surface area contributed by atoms with Gasteiger partial charge in [-0.3, -0.25) is 0 Å². The number of aliphatic hydroxyl groups is 1. The average Bonchev–Trinajstić information content (AvgIpc) is 2.17. The molecule has 0 radical (unpaired) electrons. The Morgan fingerprint density at radius 3 is 2.87 bits per heavy atom. The van der Waals surface area contributed by atoms with Crippen LogP contribution in [0.25, 0.3) is 0 Å². The van der Waals surface area contributed by atoms with Gasteiger partial charge in [0.2, 0.25) is 0 Å².